The van der Waals surface area contributed by atoms with Crippen molar-refractivity contribution in [2.45, 2.75) is 98.6 Å². The van der Waals surface area contributed by atoms with Gasteiger partial charge in [0.05, 0.1) is 27.1 Å². The van der Waals surface area contributed by atoms with Gasteiger partial charge in [-0.2, -0.15) is 0 Å². The highest BCUT2D eigenvalue weighted by atomic mass is 16.5. The first kappa shape index (κ1) is 24.0. The second-order valence-electron chi connectivity index (χ2n) is 14.1. The molecule has 32 heavy (non-hydrogen) atoms. The standard InChI is InChI=1S/C27H46N2O3/c1-24(2)19-9-12-26(5,16-19)23(24)32-22(31)17-29(7,8)14-11-21(30)28-20-15-18-10-13-27(20,6)25(18,3)4/h18-20,23H,9-17H2,1-8H3/p+1. The summed E-state index contributed by atoms with van der Waals surface area (Å²) >= 11 is 0. The van der Waals surface area contributed by atoms with Gasteiger partial charge in [0.1, 0.15) is 6.10 Å². The SMILES string of the molecule is CC12CCC(C1)C(C)(C)C2OC(=O)C[N+](C)(C)CCC(=O)NC1CC2CCC1(C)C2(C)C. The molecule has 0 aromatic rings. The van der Waals surface area contributed by atoms with E-state index in [4.69, 9.17) is 4.74 Å². The summed E-state index contributed by atoms with van der Waals surface area (Å²) in [5.41, 5.74) is 0.689. The van der Waals surface area contributed by atoms with Gasteiger partial charge in [0.25, 0.3) is 0 Å². The van der Waals surface area contributed by atoms with Gasteiger partial charge in [0, 0.05) is 16.9 Å². The number of ether oxygens (including phenoxy) is 1. The fraction of sp³-hybridized carbons (Fsp3) is 0.926. The van der Waals surface area contributed by atoms with Gasteiger partial charge in [0.2, 0.25) is 5.91 Å². The highest BCUT2D eigenvalue weighted by Crippen LogP contribution is 2.65. The number of likely N-dealkylation sites (N-methyl/N-ethyl adjacent to an activating group) is 1. The molecule has 6 atom stereocenters. The monoisotopic (exact) mass is 447 g/mol. The molecule has 4 aliphatic rings. The van der Waals surface area contributed by atoms with Crippen molar-refractivity contribution < 1.29 is 18.8 Å². The maximum Gasteiger partial charge on any atom is 0.362 e. The Labute approximate surface area is 195 Å². The molecule has 5 heteroatoms. The van der Waals surface area contributed by atoms with Gasteiger partial charge in [-0.15, -0.1) is 0 Å². The number of amides is 1. The highest BCUT2D eigenvalue weighted by molar-refractivity contribution is 5.76. The molecule has 4 rings (SSSR count). The summed E-state index contributed by atoms with van der Waals surface area (Å²) in [4.78, 5) is 25.7. The Morgan fingerprint density at radius 1 is 1.00 bits per heavy atom. The molecule has 182 valence electrons. The number of rotatable bonds is 7. The molecule has 0 heterocycles. The van der Waals surface area contributed by atoms with E-state index >= 15 is 0 Å². The van der Waals surface area contributed by atoms with Crippen molar-refractivity contribution in [1.29, 1.82) is 0 Å². The third kappa shape index (κ3) is 3.71. The molecule has 5 nitrogen and oxygen atoms in total. The minimum absolute atomic E-state index is 0.00596. The zero-order valence-corrected chi connectivity index (χ0v) is 21.8. The zero-order chi connectivity index (χ0) is 23.7. The lowest BCUT2D eigenvalue weighted by Crippen LogP contribution is -2.51. The van der Waals surface area contributed by atoms with Crippen molar-refractivity contribution in [3.63, 3.8) is 0 Å². The number of quaternary nitrogens is 1. The second-order valence-corrected chi connectivity index (χ2v) is 14.1. The second kappa shape index (κ2) is 7.45. The summed E-state index contributed by atoms with van der Waals surface area (Å²) in [6, 6.07) is 0.282. The quantitative estimate of drug-likeness (QED) is 0.460. The number of carbonyl (C=O) groups is 2. The summed E-state index contributed by atoms with van der Waals surface area (Å²) in [5, 5.41) is 3.36. The van der Waals surface area contributed by atoms with Gasteiger partial charge >= 0.3 is 5.97 Å². The lowest BCUT2D eigenvalue weighted by atomic mass is 9.69. The molecule has 0 aromatic carbocycles. The van der Waals surface area contributed by atoms with Gasteiger partial charge in [-0.25, -0.2) is 4.79 Å². The number of nitrogens with one attached hydrogen (secondary N) is 1. The molecular weight excluding hydrogens is 400 g/mol. The molecule has 4 saturated carbocycles. The Morgan fingerprint density at radius 3 is 2.19 bits per heavy atom. The normalized spacial score (nSPS) is 41.1. The summed E-state index contributed by atoms with van der Waals surface area (Å²) in [7, 11) is 4.06. The van der Waals surface area contributed by atoms with Crippen LogP contribution >= 0.6 is 0 Å². The van der Waals surface area contributed by atoms with Gasteiger partial charge in [0.15, 0.2) is 6.54 Å². The molecule has 0 spiro atoms. The molecule has 4 bridgehead atoms. The Bertz CT molecular complexity index is 783. The smallest absolute Gasteiger partial charge is 0.362 e. The fourth-order valence-corrected chi connectivity index (χ4v) is 8.24. The van der Waals surface area contributed by atoms with Gasteiger partial charge < -0.3 is 14.5 Å². The van der Waals surface area contributed by atoms with Crippen LogP contribution in [0.25, 0.3) is 0 Å². The van der Waals surface area contributed by atoms with Crippen LogP contribution in [0.1, 0.15) is 86.5 Å². The largest absolute Gasteiger partial charge is 0.457 e. The molecule has 0 saturated heterocycles. The first-order valence-corrected chi connectivity index (χ1v) is 12.9. The van der Waals surface area contributed by atoms with Crippen LogP contribution in [0.15, 0.2) is 0 Å². The topological polar surface area (TPSA) is 55.4 Å². The molecule has 1 N–H and O–H groups in total. The summed E-state index contributed by atoms with van der Waals surface area (Å²) in [5.74, 6) is 1.39. The van der Waals surface area contributed by atoms with Crippen molar-refractivity contribution in [1.82, 2.24) is 5.32 Å². The Hall–Kier alpha value is -1.10. The number of esters is 1. The highest BCUT2D eigenvalue weighted by Gasteiger charge is 2.62. The minimum atomic E-state index is -0.121. The van der Waals surface area contributed by atoms with E-state index in [0.29, 0.717) is 35.3 Å². The summed E-state index contributed by atoms with van der Waals surface area (Å²) in [6.07, 6.45) is 7.66. The maximum atomic E-state index is 12.9. The molecule has 1 amide bonds. The zero-order valence-electron chi connectivity index (χ0n) is 21.8. The average molecular weight is 448 g/mol. The van der Waals surface area contributed by atoms with Crippen molar-refractivity contribution in [3.8, 4) is 0 Å². The first-order chi connectivity index (χ1) is 14.6. The van der Waals surface area contributed by atoms with E-state index in [1.165, 1.54) is 25.7 Å². The van der Waals surface area contributed by atoms with Crippen molar-refractivity contribution in [2.24, 2.45) is 33.5 Å². The molecule has 0 aliphatic heterocycles. The van der Waals surface area contributed by atoms with Crippen LogP contribution in [0, 0.1) is 33.5 Å². The summed E-state index contributed by atoms with van der Waals surface area (Å²) in [6.45, 7) is 14.9. The van der Waals surface area contributed by atoms with E-state index in [9.17, 15) is 9.59 Å². The number of nitrogens with zero attached hydrogens (tertiary/aromatic N) is 1. The van der Waals surface area contributed by atoms with Crippen LogP contribution < -0.4 is 5.32 Å². The number of carbonyl (C=O) groups excluding carboxylic acids is 2. The molecular formula is C27H47N2O3+. The predicted molar refractivity (Wildman–Crippen MR) is 127 cm³/mol. The lowest BCUT2D eigenvalue weighted by molar-refractivity contribution is -0.882. The average Bonchev–Trinajstić information content (AvgIpc) is 3.28. The third-order valence-electron chi connectivity index (χ3n) is 11.0. The number of hydrogen-bond donors (Lipinski definition) is 1. The van der Waals surface area contributed by atoms with E-state index < -0.39 is 0 Å². The van der Waals surface area contributed by atoms with E-state index in [1.807, 2.05) is 14.1 Å². The molecule has 4 aliphatic carbocycles. The number of hydrogen-bond acceptors (Lipinski definition) is 3. The molecule has 4 fully saturated rings. The van der Waals surface area contributed by atoms with Crippen LogP contribution in [0.4, 0.5) is 0 Å². The Morgan fingerprint density at radius 2 is 1.66 bits per heavy atom. The van der Waals surface area contributed by atoms with Crippen LogP contribution in [0.3, 0.4) is 0 Å². The van der Waals surface area contributed by atoms with Crippen molar-refractivity contribution in [2.75, 3.05) is 27.2 Å². The predicted octanol–water partition coefficient (Wildman–Crippen LogP) is 4.54. The fourth-order valence-electron chi connectivity index (χ4n) is 8.24. The van der Waals surface area contributed by atoms with E-state index in [0.717, 1.165) is 18.8 Å². The molecule has 0 radical (unpaired) electrons. The summed E-state index contributed by atoms with van der Waals surface area (Å²) < 4.78 is 6.61. The van der Waals surface area contributed by atoms with E-state index in [1.54, 1.807) is 0 Å². The van der Waals surface area contributed by atoms with Gasteiger partial charge in [-0.3, -0.25) is 4.79 Å². The molecule has 0 aromatic heterocycles. The van der Waals surface area contributed by atoms with E-state index in [-0.39, 0.29) is 40.3 Å². The van der Waals surface area contributed by atoms with Crippen molar-refractivity contribution >= 4 is 11.9 Å². The number of fused-ring (bicyclic) bond motifs is 4. The molecule has 6 unspecified atom stereocenters. The van der Waals surface area contributed by atoms with Crippen LogP contribution in [0.5, 0.6) is 0 Å². The van der Waals surface area contributed by atoms with Crippen LogP contribution in [-0.2, 0) is 14.3 Å². The minimum Gasteiger partial charge on any atom is -0.457 e. The van der Waals surface area contributed by atoms with E-state index in [2.05, 4.69) is 46.9 Å². The van der Waals surface area contributed by atoms with Gasteiger partial charge in [-0.05, 0) is 61.2 Å². The third-order valence-corrected chi connectivity index (χ3v) is 11.0. The van der Waals surface area contributed by atoms with Crippen LogP contribution in [0.2, 0.25) is 0 Å². The Balaban J connectivity index is 1.27. The van der Waals surface area contributed by atoms with Gasteiger partial charge in [-0.1, -0.05) is 41.5 Å². The maximum absolute atomic E-state index is 12.9. The lowest BCUT2D eigenvalue weighted by Gasteiger charge is -2.42. The first-order valence-electron chi connectivity index (χ1n) is 12.9. The van der Waals surface area contributed by atoms with Crippen LogP contribution in [-0.4, -0.2) is 55.7 Å². The van der Waals surface area contributed by atoms with Crippen molar-refractivity contribution in [3.05, 3.63) is 0 Å². The Kier molecular flexibility index (Phi) is 5.60.